The second kappa shape index (κ2) is 6.00. The van der Waals surface area contributed by atoms with Crippen LogP contribution in [0.15, 0.2) is 0 Å². The molecule has 0 radical (unpaired) electrons. The molecule has 0 rings (SSSR count). The monoisotopic (exact) mass is 171 g/mol. The van der Waals surface area contributed by atoms with Crippen LogP contribution in [0.2, 0.25) is 0 Å². The summed E-state index contributed by atoms with van der Waals surface area (Å²) in [5.74, 6) is 0.669. The number of hydrogen-bond acceptors (Lipinski definition) is 2. The van der Waals surface area contributed by atoms with Crippen molar-refractivity contribution in [3.8, 4) is 0 Å². The second-order valence-electron chi connectivity index (χ2n) is 3.06. The lowest BCUT2D eigenvalue weighted by Gasteiger charge is -2.24. The molecule has 3 heteroatoms. The summed E-state index contributed by atoms with van der Waals surface area (Å²) in [4.78, 5) is 4.33. The van der Waals surface area contributed by atoms with Gasteiger partial charge in [0.15, 0.2) is 0 Å². The highest BCUT2D eigenvalue weighted by Gasteiger charge is 2.02. The maximum Gasteiger partial charge on any atom is 0.0926 e. The van der Waals surface area contributed by atoms with Crippen molar-refractivity contribution in [2.24, 2.45) is 0 Å². The summed E-state index contributed by atoms with van der Waals surface area (Å²) in [6.07, 6.45) is 0. The van der Waals surface area contributed by atoms with Gasteiger partial charge in [0.2, 0.25) is 0 Å². The molecule has 0 aromatic heterocycles. The minimum atomic E-state index is 0.669. The lowest BCUT2D eigenvalue weighted by molar-refractivity contribution is 0.304. The third-order valence-corrected chi connectivity index (χ3v) is 2.15. The standard InChI is InChI=1S/C9H21N3/c1-5-11(4)7-8-12(6-2)9(3)10/h10H,5-8H2,1-4H3. The quantitative estimate of drug-likeness (QED) is 0.498. The van der Waals surface area contributed by atoms with Gasteiger partial charge >= 0.3 is 0 Å². The number of likely N-dealkylation sites (N-methyl/N-ethyl adjacent to an activating group) is 2. The van der Waals surface area contributed by atoms with E-state index >= 15 is 0 Å². The van der Waals surface area contributed by atoms with E-state index < -0.39 is 0 Å². The predicted octanol–water partition coefficient (Wildman–Crippen LogP) is 1.26. The van der Waals surface area contributed by atoms with Crippen molar-refractivity contribution in [3.63, 3.8) is 0 Å². The van der Waals surface area contributed by atoms with Crippen LogP contribution in [-0.2, 0) is 0 Å². The van der Waals surface area contributed by atoms with Gasteiger partial charge in [-0.1, -0.05) is 6.92 Å². The Morgan fingerprint density at radius 2 is 1.75 bits per heavy atom. The minimum absolute atomic E-state index is 0.669. The molecular weight excluding hydrogens is 150 g/mol. The number of rotatable bonds is 5. The van der Waals surface area contributed by atoms with Crippen LogP contribution in [0, 0.1) is 5.41 Å². The van der Waals surface area contributed by atoms with E-state index in [9.17, 15) is 0 Å². The molecule has 0 amide bonds. The molecule has 0 fully saturated rings. The Morgan fingerprint density at radius 1 is 1.17 bits per heavy atom. The van der Waals surface area contributed by atoms with Crippen LogP contribution in [0.3, 0.4) is 0 Å². The predicted molar refractivity (Wildman–Crippen MR) is 53.8 cm³/mol. The van der Waals surface area contributed by atoms with Crippen molar-refractivity contribution >= 4 is 5.84 Å². The largest absolute Gasteiger partial charge is 0.360 e. The number of amidine groups is 1. The molecule has 0 saturated carbocycles. The Kier molecular flexibility index (Phi) is 5.72. The smallest absolute Gasteiger partial charge is 0.0926 e. The average molecular weight is 171 g/mol. The van der Waals surface area contributed by atoms with Gasteiger partial charge in [0, 0.05) is 19.6 Å². The fraction of sp³-hybridized carbons (Fsp3) is 0.889. The maximum atomic E-state index is 7.46. The Bertz CT molecular complexity index is 134. The molecule has 0 atom stereocenters. The average Bonchev–Trinajstić information content (AvgIpc) is 2.04. The second-order valence-corrected chi connectivity index (χ2v) is 3.06. The van der Waals surface area contributed by atoms with Gasteiger partial charge in [-0.15, -0.1) is 0 Å². The molecule has 12 heavy (non-hydrogen) atoms. The Balaban J connectivity index is 3.65. The summed E-state index contributed by atoms with van der Waals surface area (Å²) in [5, 5.41) is 7.46. The normalized spacial score (nSPS) is 10.4. The van der Waals surface area contributed by atoms with Crippen LogP contribution in [0.1, 0.15) is 20.8 Å². The summed E-state index contributed by atoms with van der Waals surface area (Å²) >= 11 is 0. The van der Waals surface area contributed by atoms with Gasteiger partial charge < -0.3 is 9.80 Å². The summed E-state index contributed by atoms with van der Waals surface area (Å²) in [6, 6.07) is 0. The zero-order valence-electron chi connectivity index (χ0n) is 8.72. The van der Waals surface area contributed by atoms with Crippen molar-refractivity contribution in [2.45, 2.75) is 20.8 Å². The first kappa shape index (κ1) is 11.4. The Hall–Kier alpha value is -0.570. The molecule has 0 aromatic carbocycles. The number of nitrogens with one attached hydrogen (secondary N) is 1. The van der Waals surface area contributed by atoms with Crippen LogP contribution < -0.4 is 0 Å². The highest BCUT2D eigenvalue weighted by Crippen LogP contribution is 1.90. The molecule has 0 aliphatic rings. The molecule has 0 heterocycles. The fourth-order valence-electron chi connectivity index (χ4n) is 1.01. The minimum Gasteiger partial charge on any atom is -0.360 e. The summed E-state index contributed by atoms with van der Waals surface area (Å²) in [7, 11) is 2.10. The van der Waals surface area contributed by atoms with Gasteiger partial charge in [0.05, 0.1) is 5.84 Å². The first-order chi connectivity index (χ1) is 5.61. The van der Waals surface area contributed by atoms with E-state index in [-0.39, 0.29) is 0 Å². The number of nitrogens with zero attached hydrogens (tertiary/aromatic N) is 2. The van der Waals surface area contributed by atoms with Crippen LogP contribution in [0.4, 0.5) is 0 Å². The van der Waals surface area contributed by atoms with E-state index in [0.29, 0.717) is 5.84 Å². The maximum absolute atomic E-state index is 7.46. The van der Waals surface area contributed by atoms with Crippen LogP contribution >= 0.6 is 0 Å². The van der Waals surface area contributed by atoms with Gasteiger partial charge in [0.25, 0.3) is 0 Å². The van der Waals surface area contributed by atoms with Gasteiger partial charge in [0.1, 0.15) is 0 Å². The van der Waals surface area contributed by atoms with Gasteiger partial charge in [-0.2, -0.15) is 0 Å². The lowest BCUT2D eigenvalue weighted by Crippen LogP contribution is -2.35. The van der Waals surface area contributed by atoms with Crippen LogP contribution in [0.5, 0.6) is 0 Å². The van der Waals surface area contributed by atoms with Crippen LogP contribution in [-0.4, -0.2) is 48.9 Å². The SMILES string of the molecule is CCN(C)CCN(CC)C(C)=N. The Labute approximate surface area is 75.9 Å². The molecule has 0 unspecified atom stereocenters. The molecular formula is C9H21N3. The van der Waals surface area contributed by atoms with E-state index in [1.54, 1.807) is 0 Å². The van der Waals surface area contributed by atoms with Crippen molar-refractivity contribution in [3.05, 3.63) is 0 Å². The first-order valence-electron chi connectivity index (χ1n) is 4.60. The van der Waals surface area contributed by atoms with Gasteiger partial charge in [-0.3, -0.25) is 5.41 Å². The van der Waals surface area contributed by atoms with E-state index in [2.05, 4.69) is 30.7 Å². The van der Waals surface area contributed by atoms with Crippen molar-refractivity contribution in [1.29, 1.82) is 5.41 Å². The third kappa shape index (κ3) is 4.34. The zero-order valence-corrected chi connectivity index (χ0v) is 8.72. The molecule has 0 saturated heterocycles. The van der Waals surface area contributed by atoms with E-state index in [1.807, 2.05) is 6.92 Å². The molecule has 0 bridgehead atoms. The summed E-state index contributed by atoms with van der Waals surface area (Å²) < 4.78 is 0. The summed E-state index contributed by atoms with van der Waals surface area (Å²) in [6.45, 7) is 10.1. The molecule has 0 aliphatic carbocycles. The van der Waals surface area contributed by atoms with Crippen molar-refractivity contribution in [1.82, 2.24) is 9.80 Å². The van der Waals surface area contributed by atoms with Gasteiger partial charge in [-0.25, -0.2) is 0 Å². The Morgan fingerprint density at radius 3 is 2.08 bits per heavy atom. The van der Waals surface area contributed by atoms with Crippen LogP contribution in [0.25, 0.3) is 0 Å². The third-order valence-electron chi connectivity index (χ3n) is 2.15. The van der Waals surface area contributed by atoms with E-state index in [0.717, 1.165) is 26.2 Å². The molecule has 1 N–H and O–H groups in total. The van der Waals surface area contributed by atoms with Gasteiger partial charge in [-0.05, 0) is 27.4 Å². The molecule has 3 nitrogen and oxygen atoms in total. The zero-order chi connectivity index (χ0) is 9.56. The first-order valence-corrected chi connectivity index (χ1v) is 4.60. The fourth-order valence-corrected chi connectivity index (χ4v) is 1.01. The molecule has 0 aliphatic heterocycles. The van der Waals surface area contributed by atoms with E-state index in [4.69, 9.17) is 5.41 Å². The highest BCUT2D eigenvalue weighted by atomic mass is 15.2. The summed E-state index contributed by atoms with van der Waals surface area (Å²) in [5.41, 5.74) is 0. The lowest BCUT2D eigenvalue weighted by atomic mass is 10.4. The van der Waals surface area contributed by atoms with Crippen molar-refractivity contribution < 1.29 is 0 Å². The topological polar surface area (TPSA) is 30.3 Å². The molecule has 72 valence electrons. The highest BCUT2D eigenvalue weighted by molar-refractivity contribution is 5.76. The molecule has 0 aromatic rings. The molecule has 0 spiro atoms. The number of hydrogen-bond donors (Lipinski definition) is 1. The van der Waals surface area contributed by atoms with E-state index in [1.165, 1.54) is 0 Å². The van der Waals surface area contributed by atoms with Crippen molar-refractivity contribution in [2.75, 3.05) is 33.2 Å².